The van der Waals surface area contributed by atoms with Crippen molar-refractivity contribution in [3.05, 3.63) is 5.28 Å². The summed E-state index contributed by atoms with van der Waals surface area (Å²) < 4.78 is 0. The quantitative estimate of drug-likeness (QED) is 0.855. The van der Waals surface area contributed by atoms with Gasteiger partial charge in [-0.25, -0.2) is 0 Å². The van der Waals surface area contributed by atoms with Crippen LogP contribution in [0.15, 0.2) is 0 Å². The van der Waals surface area contributed by atoms with Crippen molar-refractivity contribution >= 4 is 23.5 Å². The molecule has 20 heavy (non-hydrogen) atoms. The van der Waals surface area contributed by atoms with Crippen LogP contribution in [0.3, 0.4) is 0 Å². The van der Waals surface area contributed by atoms with Gasteiger partial charge in [-0.05, 0) is 25.7 Å². The third-order valence-electron chi connectivity index (χ3n) is 3.47. The fourth-order valence-corrected chi connectivity index (χ4v) is 2.31. The first-order valence-electron chi connectivity index (χ1n) is 6.67. The molecule has 0 aliphatic carbocycles. The average molecular weight is 300 g/mol. The number of rotatable bonds is 4. The maximum Gasteiger partial charge on any atom is 0.230 e. The predicted molar refractivity (Wildman–Crippen MR) is 81.6 cm³/mol. The van der Waals surface area contributed by atoms with Gasteiger partial charge in [-0.1, -0.05) is 0 Å². The number of anilines is 2. The van der Waals surface area contributed by atoms with E-state index >= 15 is 0 Å². The van der Waals surface area contributed by atoms with E-state index in [1.165, 1.54) is 0 Å². The van der Waals surface area contributed by atoms with Crippen molar-refractivity contribution in [2.75, 3.05) is 64.6 Å². The van der Waals surface area contributed by atoms with Crippen LogP contribution >= 0.6 is 11.6 Å². The molecule has 1 N–H and O–H groups in total. The van der Waals surface area contributed by atoms with Crippen molar-refractivity contribution in [1.29, 1.82) is 0 Å². The summed E-state index contributed by atoms with van der Waals surface area (Å²) in [5.74, 6) is 1.08. The maximum absolute atomic E-state index is 5.92. The molecule has 2 rings (SSSR count). The Morgan fingerprint density at radius 2 is 2.00 bits per heavy atom. The Morgan fingerprint density at radius 3 is 2.70 bits per heavy atom. The second-order valence-electron chi connectivity index (χ2n) is 5.40. The van der Waals surface area contributed by atoms with Crippen LogP contribution in [-0.2, 0) is 0 Å². The molecule has 1 saturated heterocycles. The molecule has 1 atom stereocenters. The molecule has 112 valence electrons. The van der Waals surface area contributed by atoms with E-state index in [0.29, 0.717) is 17.9 Å². The zero-order chi connectivity index (χ0) is 14.7. The molecule has 0 saturated carbocycles. The van der Waals surface area contributed by atoms with Crippen molar-refractivity contribution in [3.8, 4) is 0 Å². The summed E-state index contributed by atoms with van der Waals surface area (Å²) in [7, 11) is 8.04. The number of aromatic nitrogens is 3. The van der Waals surface area contributed by atoms with Gasteiger partial charge >= 0.3 is 0 Å². The first kappa shape index (κ1) is 15.2. The van der Waals surface area contributed by atoms with Gasteiger partial charge < -0.3 is 15.1 Å². The minimum Gasteiger partial charge on any atom is -0.352 e. The van der Waals surface area contributed by atoms with Gasteiger partial charge in [-0.15, -0.1) is 0 Å². The van der Waals surface area contributed by atoms with Crippen LogP contribution < -0.4 is 10.2 Å². The highest BCUT2D eigenvalue weighted by atomic mass is 35.5. The molecule has 1 aliphatic rings. The van der Waals surface area contributed by atoms with Crippen LogP contribution in [-0.4, -0.2) is 85.2 Å². The molecule has 1 aromatic rings. The van der Waals surface area contributed by atoms with E-state index in [0.717, 1.165) is 26.2 Å². The summed E-state index contributed by atoms with van der Waals surface area (Å²) in [5, 5.41) is 3.47. The molecule has 2 heterocycles. The molecule has 0 bridgehead atoms. The Morgan fingerprint density at radius 1 is 1.25 bits per heavy atom. The van der Waals surface area contributed by atoms with Gasteiger partial charge in [0.15, 0.2) is 0 Å². The summed E-state index contributed by atoms with van der Waals surface area (Å²) in [6, 6.07) is 0.437. The lowest BCUT2D eigenvalue weighted by Gasteiger charge is -2.37. The Labute approximate surface area is 125 Å². The summed E-state index contributed by atoms with van der Waals surface area (Å²) in [6.45, 7) is 4.00. The third-order valence-corrected chi connectivity index (χ3v) is 3.64. The van der Waals surface area contributed by atoms with Gasteiger partial charge in [0, 0.05) is 46.3 Å². The van der Waals surface area contributed by atoms with Crippen LogP contribution in [0.5, 0.6) is 0 Å². The molecule has 1 aromatic heterocycles. The van der Waals surface area contributed by atoms with Gasteiger partial charge in [0.2, 0.25) is 17.2 Å². The Balaban J connectivity index is 1.99. The third kappa shape index (κ3) is 3.91. The lowest BCUT2D eigenvalue weighted by Crippen LogP contribution is -2.52. The highest BCUT2D eigenvalue weighted by molar-refractivity contribution is 6.28. The molecule has 8 heteroatoms. The minimum absolute atomic E-state index is 0.209. The van der Waals surface area contributed by atoms with Crippen molar-refractivity contribution < 1.29 is 0 Å². The summed E-state index contributed by atoms with van der Waals surface area (Å²) >= 11 is 5.92. The molecule has 1 aliphatic heterocycles. The largest absolute Gasteiger partial charge is 0.352 e. The standard InChI is InChI=1S/C12H22ClN7/c1-18(2)12-16-10(13)15-11(17-12)14-7-9-8-19(3)5-6-20(9)4/h9H,5-8H2,1-4H3,(H,14,15,16,17). The molecule has 0 spiro atoms. The fraction of sp³-hybridized carbons (Fsp3) is 0.750. The average Bonchev–Trinajstić information content (AvgIpc) is 2.39. The molecule has 0 radical (unpaired) electrons. The van der Waals surface area contributed by atoms with Crippen molar-refractivity contribution in [2.45, 2.75) is 6.04 Å². The number of nitrogens with zero attached hydrogens (tertiary/aromatic N) is 6. The Bertz CT molecular complexity index is 453. The van der Waals surface area contributed by atoms with Crippen LogP contribution in [0.2, 0.25) is 5.28 Å². The molecule has 1 unspecified atom stereocenters. The summed E-state index contributed by atoms with van der Waals surface area (Å²) in [4.78, 5) is 19.0. The first-order valence-corrected chi connectivity index (χ1v) is 7.05. The summed E-state index contributed by atoms with van der Waals surface area (Å²) in [6.07, 6.45) is 0. The number of likely N-dealkylation sites (N-methyl/N-ethyl adjacent to an activating group) is 2. The second kappa shape index (κ2) is 6.51. The van der Waals surface area contributed by atoms with Crippen molar-refractivity contribution in [3.63, 3.8) is 0 Å². The Kier molecular flexibility index (Phi) is 4.95. The van der Waals surface area contributed by atoms with E-state index in [-0.39, 0.29) is 5.28 Å². The SMILES string of the molecule is CN1CCN(C)C(CNc2nc(Cl)nc(N(C)C)n2)C1. The first-order chi connectivity index (χ1) is 9.45. The highest BCUT2D eigenvalue weighted by Gasteiger charge is 2.22. The normalized spacial score (nSPS) is 20.9. The topological polar surface area (TPSA) is 60.4 Å². The van der Waals surface area contributed by atoms with E-state index in [1.54, 1.807) is 4.90 Å². The Hall–Kier alpha value is -1.18. The molecule has 0 aromatic carbocycles. The number of halogens is 1. The van der Waals surface area contributed by atoms with Gasteiger partial charge in [0.1, 0.15) is 0 Å². The fourth-order valence-electron chi connectivity index (χ4n) is 2.15. The van der Waals surface area contributed by atoms with E-state index in [9.17, 15) is 0 Å². The number of hydrogen-bond acceptors (Lipinski definition) is 7. The van der Waals surface area contributed by atoms with Crippen LogP contribution in [0.25, 0.3) is 0 Å². The number of piperazine rings is 1. The monoisotopic (exact) mass is 299 g/mol. The second-order valence-corrected chi connectivity index (χ2v) is 5.74. The molecule has 7 nitrogen and oxygen atoms in total. The van der Waals surface area contributed by atoms with Crippen molar-refractivity contribution in [2.24, 2.45) is 0 Å². The van der Waals surface area contributed by atoms with Crippen molar-refractivity contribution in [1.82, 2.24) is 24.8 Å². The van der Waals surface area contributed by atoms with E-state index in [1.807, 2.05) is 14.1 Å². The molecule has 1 fully saturated rings. The zero-order valence-electron chi connectivity index (χ0n) is 12.5. The summed E-state index contributed by atoms with van der Waals surface area (Å²) in [5.41, 5.74) is 0. The number of hydrogen-bond donors (Lipinski definition) is 1. The smallest absolute Gasteiger partial charge is 0.230 e. The lowest BCUT2D eigenvalue weighted by molar-refractivity contribution is 0.121. The van der Waals surface area contributed by atoms with Crippen LogP contribution in [0.1, 0.15) is 0 Å². The van der Waals surface area contributed by atoms with Gasteiger partial charge in [0.25, 0.3) is 0 Å². The molecule has 0 amide bonds. The minimum atomic E-state index is 0.209. The van der Waals surface area contributed by atoms with E-state index in [4.69, 9.17) is 11.6 Å². The van der Waals surface area contributed by atoms with Gasteiger partial charge in [-0.3, -0.25) is 4.90 Å². The van der Waals surface area contributed by atoms with Crippen LogP contribution in [0, 0.1) is 0 Å². The lowest BCUT2D eigenvalue weighted by atomic mass is 10.2. The maximum atomic E-state index is 5.92. The number of nitrogens with one attached hydrogen (secondary N) is 1. The zero-order valence-corrected chi connectivity index (χ0v) is 13.2. The molecular formula is C12H22ClN7. The van der Waals surface area contributed by atoms with Crippen LogP contribution in [0.4, 0.5) is 11.9 Å². The van der Waals surface area contributed by atoms with E-state index < -0.39 is 0 Å². The predicted octanol–water partition coefficient (Wildman–Crippen LogP) is 0.249. The highest BCUT2D eigenvalue weighted by Crippen LogP contribution is 2.12. The van der Waals surface area contributed by atoms with Gasteiger partial charge in [0.05, 0.1) is 0 Å². The van der Waals surface area contributed by atoms with Gasteiger partial charge in [-0.2, -0.15) is 15.0 Å². The van der Waals surface area contributed by atoms with E-state index in [2.05, 4.69) is 44.2 Å². The molecular weight excluding hydrogens is 278 g/mol.